The second-order valence-corrected chi connectivity index (χ2v) is 7.02. The Labute approximate surface area is 171 Å². The SMILES string of the molecule is CCOC(=O)C[C@H](c1ccc(C)c(CO)c1)c1ccn2c(C(F)(F)F)nnc2c1C. The van der Waals surface area contributed by atoms with E-state index in [2.05, 4.69) is 10.2 Å². The molecule has 0 amide bonds. The van der Waals surface area contributed by atoms with Crippen LogP contribution in [-0.4, -0.2) is 32.3 Å². The number of aliphatic hydroxyl groups excluding tert-OH is 1. The maximum Gasteiger partial charge on any atom is 0.452 e. The molecule has 1 aromatic carbocycles. The first-order valence-corrected chi connectivity index (χ1v) is 9.44. The normalized spacial score (nSPS) is 12.9. The lowest BCUT2D eigenvalue weighted by Crippen LogP contribution is -2.15. The van der Waals surface area contributed by atoms with Gasteiger partial charge < -0.3 is 9.84 Å². The van der Waals surface area contributed by atoms with Gasteiger partial charge in [0.25, 0.3) is 0 Å². The number of ether oxygens (including phenoxy) is 1. The highest BCUT2D eigenvalue weighted by molar-refractivity contribution is 5.72. The Morgan fingerprint density at radius 3 is 2.60 bits per heavy atom. The maximum atomic E-state index is 13.2. The summed E-state index contributed by atoms with van der Waals surface area (Å²) in [5.41, 5.74) is 3.56. The van der Waals surface area contributed by atoms with Crippen molar-refractivity contribution >= 4 is 11.6 Å². The fourth-order valence-electron chi connectivity index (χ4n) is 3.54. The van der Waals surface area contributed by atoms with E-state index in [0.29, 0.717) is 16.7 Å². The lowest BCUT2D eigenvalue weighted by molar-refractivity contribution is -0.145. The summed E-state index contributed by atoms with van der Waals surface area (Å²) in [6.07, 6.45) is -3.37. The monoisotopic (exact) mass is 421 g/mol. The Balaban J connectivity index is 2.15. The lowest BCUT2D eigenvalue weighted by atomic mass is 9.85. The van der Waals surface area contributed by atoms with Crippen molar-refractivity contribution in [1.29, 1.82) is 0 Å². The van der Waals surface area contributed by atoms with Crippen LogP contribution in [0.1, 0.15) is 52.9 Å². The number of rotatable bonds is 6. The van der Waals surface area contributed by atoms with Crippen LogP contribution in [0.25, 0.3) is 5.65 Å². The van der Waals surface area contributed by atoms with E-state index in [-0.39, 0.29) is 25.3 Å². The highest BCUT2D eigenvalue weighted by Gasteiger charge is 2.37. The van der Waals surface area contributed by atoms with E-state index in [0.717, 1.165) is 15.5 Å². The molecule has 0 unspecified atom stereocenters. The van der Waals surface area contributed by atoms with E-state index in [9.17, 15) is 23.1 Å². The van der Waals surface area contributed by atoms with Crippen molar-refractivity contribution in [2.75, 3.05) is 6.61 Å². The second-order valence-electron chi connectivity index (χ2n) is 7.02. The largest absolute Gasteiger partial charge is 0.466 e. The number of esters is 1. The van der Waals surface area contributed by atoms with Gasteiger partial charge in [0.2, 0.25) is 5.82 Å². The van der Waals surface area contributed by atoms with E-state index in [4.69, 9.17) is 4.74 Å². The highest BCUT2D eigenvalue weighted by atomic mass is 19.4. The molecule has 1 atom stereocenters. The highest BCUT2D eigenvalue weighted by Crippen LogP contribution is 2.35. The van der Waals surface area contributed by atoms with E-state index < -0.39 is 23.9 Å². The average Bonchev–Trinajstić information content (AvgIpc) is 3.13. The molecule has 3 aromatic rings. The molecule has 0 fully saturated rings. The Bertz CT molecular complexity index is 1080. The van der Waals surface area contributed by atoms with Crippen LogP contribution in [-0.2, 0) is 22.3 Å². The minimum atomic E-state index is -4.63. The summed E-state index contributed by atoms with van der Waals surface area (Å²) < 4.78 is 45.5. The second kappa shape index (κ2) is 8.43. The lowest BCUT2D eigenvalue weighted by Gasteiger charge is -2.21. The predicted octanol–water partition coefficient (Wildman–Crippen LogP) is 3.94. The quantitative estimate of drug-likeness (QED) is 0.610. The molecule has 6 nitrogen and oxygen atoms in total. The first-order chi connectivity index (χ1) is 14.2. The van der Waals surface area contributed by atoms with E-state index in [1.54, 1.807) is 26.0 Å². The first-order valence-electron chi connectivity index (χ1n) is 9.44. The first kappa shape index (κ1) is 21.8. The zero-order valence-corrected chi connectivity index (χ0v) is 16.8. The summed E-state index contributed by atoms with van der Waals surface area (Å²) in [4.78, 5) is 12.3. The van der Waals surface area contributed by atoms with Crippen LogP contribution < -0.4 is 0 Å². The minimum Gasteiger partial charge on any atom is -0.466 e. The maximum absolute atomic E-state index is 13.2. The summed E-state index contributed by atoms with van der Waals surface area (Å²) in [6, 6.07) is 7.02. The zero-order chi connectivity index (χ0) is 22.1. The van der Waals surface area contributed by atoms with E-state index >= 15 is 0 Å². The van der Waals surface area contributed by atoms with Crippen molar-refractivity contribution in [3.05, 3.63) is 64.1 Å². The molecule has 3 rings (SSSR count). The molecular weight excluding hydrogens is 399 g/mol. The Morgan fingerprint density at radius 2 is 1.97 bits per heavy atom. The zero-order valence-electron chi connectivity index (χ0n) is 16.8. The summed E-state index contributed by atoms with van der Waals surface area (Å²) >= 11 is 0. The molecule has 0 spiro atoms. The van der Waals surface area contributed by atoms with Gasteiger partial charge in [-0.1, -0.05) is 18.2 Å². The number of pyridine rings is 1. The number of fused-ring (bicyclic) bond motifs is 1. The van der Waals surface area contributed by atoms with Crippen molar-refractivity contribution in [3.63, 3.8) is 0 Å². The van der Waals surface area contributed by atoms with Gasteiger partial charge in [0, 0.05) is 12.1 Å². The number of carbonyl (C=O) groups excluding carboxylic acids is 1. The van der Waals surface area contributed by atoms with Gasteiger partial charge in [0.1, 0.15) is 0 Å². The molecule has 2 heterocycles. The number of aryl methyl sites for hydroxylation is 2. The van der Waals surface area contributed by atoms with Crippen molar-refractivity contribution in [3.8, 4) is 0 Å². The van der Waals surface area contributed by atoms with Gasteiger partial charge >= 0.3 is 12.1 Å². The van der Waals surface area contributed by atoms with Gasteiger partial charge in [-0.3, -0.25) is 9.20 Å². The number of carbonyl (C=O) groups is 1. The van der Waals surface area contributed by atoms with Crippen LogP contribution in [0.5, 0.6) is 0 Å². The van der Waals surface area contributed by atoms with Crippen molar-refractivity contribution in [2.24, 2.45) is 0 Å². The summed E-state index contributed by atoms with van der Waals surface area (Å²) in [6.45, 7) is 5.27. The smallest absolute Gasteiger partial charge is 0.452 e. The molecule has 0 saturated carbocycles. The van der Waals surface area contributed by atoms with Gasteiger partial charge in [-0.25, -0.2) is 0 Å². The van der Waals surface area contributed by atoms with Gasteiger partial charge in [-0.15, -0.1) is 10.2 Å². The Kier molecular flexibility index (Phi) is 6.12. The number of hydrogen-bond acceptors (Lipinski definition) is 5. The van der Waals surface area contributed by atoms with Crippen LogP contribution in [0, 0.1) is 13.8 Å². The molecule has 0 radical (unpaired) electrons. The Morgan fingerprint density at radius 1 is 1.23 bits per heavy atom. The Hall–Kier alpha value is -2.94. The number of hydrogen-bond donors (Lipinski definition) is 1. The van der Waals surface area contributed by atoms with Crippen molar-refractivity contribution in [1.82, 2.24) is 14.6 Å². The molecule has 1 N–H and O–H groups in total. The van der Waals surface area contributed by atoms with Crippen LogP contribution in [0.4, 0.5) is 13.2 Å². The topological polar surface area (TPSA) is 76.7 Å². The third-order valence-electron chi connectivity index (χ3n) is 5.12. The number of nitrogens with zero attached hydrogens (tertiary/aromatic N) is 3. The predicted molar refractivity (Wildman–Crippen MR) is 103 cm³/mol. The molecule has 0 aliphatic carbocycles. The van der Waals surface area contributed by atoms with Crippen LogP contribution >= 0.6 is 0 Å². The van der Waals surface area contributed by atoms with Gasteiger partial charge in [0.05, 0.1) is 19.6 Å². The third kappa shape index (κ3) is 4.16. The molecule has 160 valence electrons. The van der Waals surface area contributed by atoms with Crippen LogP contribution in [0.15, 0.2) is 30.5 Å². The van der Waals surface area contributed by atoms with Crippen LogP contribution in [0.3, 0.4) is 0 Å². The number of halogens is 3. The van der Waals surface area contributed by atoms with Gasteiger partial charge in [0.15, 0.2) is 5.65 Å². The molecule has 0 aliphatic heterocycles. The fraction of sp³-hybridized carbons (Fsp3) is 0.381. The van der Waals surface area contributed by atoms with E-state index in [1.165, 1.54) is 6.20 Å². The standard InChI is InChI=1S/C21H22F3N3O3/c1-4-30-18(29)10-17(14-6-5-12(2)15(9-14)11-28)16-7-8-27-19(13(16)3)25-26-20(27)21(22,23)24/h5-9,17,28H,4,10-11H2,1-3H3/t17-/m1/s1. The summed E-state index contributed by atoms with van der Waals surface area (Å²) in [5, 5.41) is 16.6. The molecule has 9 heteroatoms. The minimum absolute atomic E-state index is 0.000944. The molecule has 0 saturated heterocycles. The van der Waals surface area contributed by atoms with E-state index in [1.807, 2.05) is 19.1 Å². The third-order valence-corrected chi connectivity index (χ3v) is 5.12. The molecule has 30 heavy (non-hydrogen) atoms. The number of benzene rings is 1. The number of alkyl halides is 3. The fourth-order valence-corrected chi connectivity index (χ4v) is 3.54. The number of aromatic nitrogens is 3. The molecule has 0 aliphatic rings. The molecule has 2 aromatic heterocycles. The van der Waals surface area contributed by atoms with Crippen molar-refractivity contribution in [2.45, 2.75) is 45.9 Å². The molecular formula is C21H22F3N3O3. The van der Waals surface area contributed by atoms with Gasteiger partial charge in [-0.2, -0.15) is 13.2 Å². The number of aliphatic hydroxyl groups is 1. The summed E-state index contributed by atoms with van der Waals surface area (Å²) in [5.74, 6) is -2.01. The van der Waals surface area contributed by atoms with Crippen LogP contribution in [0.2, 0.25) is 0 Å². The van der Waals surface area contributed by atoms with Gasteiger partial charge in [-0.05, 0) is 54.7 Å². The van der Waals surface area contributed by atoms with Crippen molar-refractivity contribution < 1.29 is 27.8 Å². The average molecular weight is 421 g/mol. The summed E-state index contributed by atoms with van der Waals surface area (Å²) in [7, 11) is 0. The molecule has 0 bridgehead atoms.